The van der Waals surface area contributed by atoms with Crippen molar-refractivity contribution in [2.75, 3.05) is 71.5 Å². The molecule has 0 bridgehead atoms. The zero-order valence-electron chi connectivity index (χ0n) is 18.1. The van der Waals surface area contributed by atoms with Crippen molar-refractivity contribution in [3.63, 3.8) is 0 Å². The van der Waals surface area contributed by atoms with E-state index in [2.05, 4.69) is 43.1 Å². The summed E-state index contributed by atoms with van der Waals surface area (Å²) in [5.41, 5.74) is 1.21. The number of likely N-dealkylation sites (N-methyl/N-ethyl adjacent to an activating group) is 1. The van der Waals surface area contributed by atoms with Gasteiger partial charge in [-0.2, -0.15) is 0 Å². The number of hydrogen-bond acceptors (Lipinski definition) is 6. The summed E-state index contributed by atoms with van der Waals surface area (Å²) < 4.78 is 11.8. The minimum Gasteiger partial charge on any atom is -0.375 e. The first kappa shape index (κ1) is 23.5. The minimum absolute atomic E-state index is 0. The number of ether oxygens (including phenoxy) is 2. The first-order valence-corrected chi connectivity index (χ1v) is 10.8. The van der Waals surface area contributed by atoms with Crippen molar-refractivity contribution in [3.05, 3.63) is 23.9 Å². The molecule has 0 aliphatic carbocycles. The van der Waals surface area contributed by atoms with Crippen LogP contribution in [0.25, 0.3) is 0 Å². The Hall–Kier alpha value is -1.17. The summed E-state index contributed by atoms with van der Waals surface area (Å²) in [6, 6.07) is 4.18. The van der Waals surface area contributed by atoms with Gasteiger partial charge in [-0.25, -0.2) is 4.98 Å². The molecule has 2 unspecified atom stereocenters. The molecule has 3 fully saturated rings. The van der Waals surface area contributed by atoms with Gasteiger partial charge in [-0.3, -0.25) is 4.99 Å². The highest BCUT2D eigenvalue weighted by Gasteiger charge is 2.32. The summed E-state index contributed by atoms with van der Waals surface area (Å²) >= 11 is 0. The van der Waals surface area contributed by atoms with Crippen LogP contribution in [0.1, 0.15) is 18.4 Å². The molecule has 0 radical (unpaired) electrons. The molecule has 1 N–H and O–H groups in total. The fourth-order valence-electron chi connectivity index (χ4n) is 4.37. The number of pyridine rings is 1. The Morgan fingerprint density at radius 1 is 1.17 bits per heavy atom. The van der Waals surface area contributed by atoms with E-state index in [4.69, 9.17) is 9.47 Å². The van der Waals surface area contributed by atoms with E-state index in [1.807, 2.05) is 19.3 Å². The van der Waals surface area contributed by atoms with Crippen LogP contribution in [0.15, 0.2) is 23.3 Å². The molecular weight excluding hydrogens is 495 g/mol. The minimum atomic E-state index is 0. The fraction of sp³-hybridized carbons (Fsp3) is 0.714. The van der Waals surface area contributed by atoms with Crippen molar-refractivity contribution in [2.45, 2.75) is 31.6 Å². The molecule has 4 rings (SSSR count). The third kappa shape index (κ3) is 5.74. The molecule has 1 aromatic rings. The highest BCUT2D eigenvalue weighted by atomic mass is 127. The Kier molecular flexibility index (Phi) is 8.97. The predicted octanol–water partition coefficient (Wildman–Crippen LogP) is 1.41. The summed E-state index contributed by atoms with van der Waals surface area (Å²) in [5.74, 6) is 2.01. The zero-order valence-corrected chi connectivity index (χ0v) is 20.5. The van der Waals surface area contributed by atoms with Gasteiger partial charge in [0.15, 0.2) is 5.96 Å². The molecule has 3 aliphatic rings. The van der Waals surface area contributed by atoms with Crippen LogP contribution in [-0.2, 0) is 16.0 Å². The van der Waals surface area contributed by atoms with Crippen LogP contribution in [0.2, 0.25) is 0 Å². The molecule has 0 amide bonds. The molecule has 3 saturated heterocycles. The number of morpholine rings is 1. The zero-order chi connectivity index (χ0) is 20.1. The third-order valence-electron chi connectivity index (χ3n) is 6.09. The van der Waals surface area contributed by atoms with Gasteiger partial charge in [0.2, 0.25) is 0 Å². The van der Waals surface area contributed by atoms with Gasteiger partial charge in [-0.1, -0.05) is 6.07 Å². The molecular formula is C21H35IN6O2. The number of nitrogens with one attached hydrogen (secondary N) is 1. The van der Waals surface area contributed by atoms with Gasteiger partial charge in [0.25, 0.3) is 0 Å². The Morgan fingerprint density at radius 3 is 2.70 bits per heavy atom. The number of aromatic nitrogens is 1. The van der Waals surface area contributed by atoms with E-state index >= 15 is 0 Å². The van der Waals surface area contributed by atoms with Gasteiger partial charge in [0.1, 0.15) is 11.9 Å². The smallest absolute Gasteiger partial charge is 0.194 e. The average Bonchev–Trinajstić information content (AvgIpc) is 3.30. The highest BCUT2D eigenvalue weighted by Crippen LogP contribution is 2.22. The topological polar surface area (TPSA) is 65.5 Å². The summed E-state index contributed by atoms with van der Waals surface area (Å²) in [6.07, 6.45) is 4.46. The van der Waals surface area contributed by atoms with E-state index in [1.165, 1.54) is 5.56 Å². The summed E-state index contributed by atoms with van der Waals surface area (Å²) in [6.45, 7) is 8.13. The van der Waals surface area contributed by atoms with Crippen LogP contribution in [0.4, 0.5) is 5.82 Å². The number of halogens is 1. The van der Waals surface area contributed by atoms with Gasteiger partial charge in [-0.15, -0.1) is 24.0 Å². The van der Waals surface area contributed by atoms with E-state index in [0.29, 0.717) is 13.2 Å². The first-order valence-electron chi connectivity index (χ1n) is 10.8. The quantitative estimate of drug-likeness (QED) is 0.359. The molecule has 2 atom stereocenters. The first-order chi connectivity index (χ1) is 14.2. The second-order valence-corrected chi connectivity index (χ2v) is 8.08. The molecule has 9 heteroatoms. The Morgan fingerprint density at radius 2 is 1.97 bits per heavy atom. The number of hydrogen-bond donors (Lipinski definition) is 1. The van der Waals surface area contributed by atoms with Crippen molar-refractivity contribution in [1.29, 1.82) is 0 Å². The third-order valence-corrected chi connectivity index (χ3v) is 6.09. The van der Waals surface area contributed by atoms with Crippen LogP contribution in [0.5, 0.6) is 0 Å². The molecule has 0 spiro atoms. The molecule has 0 saturated carbocycles. The van der Waals surface area contributed by atoms with Gasteiger partial charge in [-0.05, 0) is 26.0 Å². The standard InChI is InChI=1S/C21H34N6O2.HI/c1-22-21(27-12-14-29-19(16-27)18-6-4-13-28-18)24-15-17-5-3-7-23-20(17)26-10-8-25(2)9-11-26;/h3,5,7,18-19H,4,6,8-16H2,1-2H3,(H,22,24);1H. The van der Waals surface area contributed by atoms with Gasteiger partial charge in [0, 0.05) is 71.2 Å². The van der Waals surface area contributed by atoms with Crippen LogP contribution in [-0.4, -0.2) is 99.5 Å². The van der Waals surface area contributed by atoms with Crippen molar-refractivity contribution < 1.29 is 9.47 Å². The van der Waals surface area contributed by atoms with E-state index in [0.717, 1.165) is 70.5 Å². The number of rotatable bonds is 4. The van der Waals surface area contributed by atoms with Crippen LogP contribution in [0, 0.1) is 0 Å². The van der Waals surface area contributed by atoms with Gasteiger partial charge >= 0.3 is 0 Å². The SMILES string of the molecule is CN=C(NCc1cccnc1N1CCN(C)CC1)N1CCOC(C2CCCO2)C1.I. The van der Waals surface area contributed by atoms with Crippen molar-refractivity contribution in [3.8, 4) is 0 Å². The van der Waals surface area contributed by atoms with Crippen LogP contribution < -0.4 is 10.2 Å². The fourth-order valence-corrected chi connectivity index (χ4v) is 4.37. The number of aliphatic imine (C=N–C) groups is 1. The number of guanidine groups is 1. The van der Waals surface area contributed by atoms with Gasteiger partial charge < -0.3 is 29.5 Å². The lowest BCUT2D eigenvalue weighted by atomic mass is 10.1. The summed E-state index contributed by atoms with van der Waals surface area (Å²) in [5, 5.41) is 3.56. The molecule has 8 nitrogen and oxygen atoms in total. The maximum absolute atomic E-state index is 5.99. The molecule has 3 aliphatic heterocycles. The Balaban J connectivity index is 0.00000256. The maximum Gasteiger partial charge on any atom is 0.194 e. The lowest BCUT2D eigenvalue weighted by molar-refractivity contribution is -0.0817. The second-order valence-electron chi connectivity index (χ2n) is 8.08. The van der Waals surface area contributed by atoms with Gasteiger partial charge in [0.05, 0.1) is 12.7 Å². The van der Waals surface area contributed by atoms with Crippen LogP contribution >= 0.6 is 24.0 Å². The maximum atomic E-state index is 5.99. The molecule has 168 valence electrons. The summed E-state index contributed by atoms with van der Waals surface area (Å²) in [4.78, 5) is 16.3. The number of piperazine rings is 1. The molecule has 0 aromatic carbocycles. The Labute approximate surface area is 197 Å². The Bertz CT molecular complexity index is 692. The highest BCUT2D eigenvalue weighted by molar-refractivity contribution is 14.0. The predicted molar refractivity (Wildman–Crippen MR) is 130 cm³/mol. The number of nitrogens with zero attached hydrogens (tertiary/aromatic N) is 5. The average molecular weight is 530 g/mol. The summed E-state index contributed by atoms with van der Waals surface area (Å²) in [7, 11) is 4.03. The van der Waals surface area contributed by atoms with Crippen molar-refractivity contribution >= 4 is 35.8 Å². The van der Waals surface area contributed by atoms with E-state index in [1.54, 1.807) is 0 Å². The molecule has 1 aromatic heterocycles. The largest absolute Gasteiger partial charge is 0.375 e. The monoisotopic (exact) mass is 530 g/mol. The second kappa shape index (κ2) is 11.4. The molecule has 30 heavy (non-hydrogen) atoms. The normalized spacial score (nSPS) is 25.9. The van der Waals surface area contributed by atoms with E-state index in [9.17, 15) is 0 Å². The van der Waals surface area contributed by atoms with Crippen molar-refractivity contribution in [2.24, 2.45) is 4.99 Å². The van der Waals surface area contributed by atoms with Crippen molar-refractivity contribution in [1.82, 2.24) is 20.1 Å². The van der Waals surface area contributed by atoms with Crippen LogP contribution in [0.3, 0.4) is 0 Å². The van der Waals surface area contributed by atoms with E-state index in [-0.39, 0.29) is 36.2 Å². The lowest BCUT2D eigenvalue weighted by Gasteiger charge is -2.37. The molecule has 4 heterocycles. The van der Waals surface area contributed by atoms with E-state index < -0.39 is 0 Å². The number of anilines is 1. The lowest BCUT2D eigenvalue weighted by Crippen LogP contribution is -2.53.